The molecule has 0 spiro atoms. The second-order valence-corrected chi connectivity index (χ2v) is 4.21. The standard InChI is InChI=1S/C10H16N2O3/c1-12-4-7(3-11-12)8-2-6(5-13)9(14)10(8)15/h3-4,6,8-10,13-15H,2,5H2,1H3/t6-,8+,9-,10+/m1/s1. The first-order valence-corrected chi connectivity index (χ1v) is 5.09. The monoisotopic (exact) mass is 212 g/mol. The molecule has 1 aliphatic rings. The van der Waals surface area contributed by atoms with Crippen LogP contribution in [0.5, 0.6) is 0 Å². The topological polar surface area (TPSA) is 78.5 Å². The van der Waals surface area contributed by atoms with Crippen LogP contribution in [0.4, 0.5) is 0 Å². The van der Waals surface area contributed by atoms with Crippen molar-refractivity contribution < 1.29 is 15.3 Å². The maximum atomic E-state index is 9.82. The van der Waals surface area contributed by atoms with Crippen molar-refractivity contribution in [3.8, 4) is 0 Å². The minimum absolute atomic E-state index is 0.0883. The molecule has 0 saturated heterocycles. The molecule has 0 amide bonds. The van der Waals surface area contributed by atoms with Crippen LogP contribution in [-0.4, -0.2) is 43.9 Å². The Morgan fingerprint density at radius 3 is 2.67 bits per heavy atom. The maximum absolute atomic E-state index is 9.82. The Kier molecular flexibility index (Phi) is 2.77. The number of nitrogens with zero attached hydrogens (tertiary/aromatic N) is 2. The highest BCUT2D eigenvalue weighted by atomic mass is 16.3. The maximum Gasteiger partial charge on any atom is 0.0872 e. The van der Waals surface area contributed by atoms with E-state index in [0.29, 0.717) is 6.42 Å². The Balaban J connectivity index is 2.18. The molecular formula is C10H16N2O3. The summed E-state index contributed by atoms with van der Waals surface area (Å²) in [6, 6.07) is 0. The van der Waals surface area contributed by atoms with Crippen LogP contribution in [0.15, 0.2) is 12.4 Å². The van der Waals surface area contributed by atoms with Crippen LogP contribution in [0.3, 0.4) is 0 Å². The van der Waals surface area contributed by atoms with Crippen molar-refractivity contribution in [2.75, 3.05) is 6.61 Å². The first-order chi connectivity index (χ1) is 7.13. The molecule has 1 fully saturated rings. The molecule has 84 valence electrons. The minimum Gasteiger partial charge on any atom is -0.396 e. The minimum atomic E-state index is -0.833. The Morgan fingerprint density at radius 2 is 2.20 bits per heavy atom. The van der Waals surface area contributed by atoms with E-state index >= 15 is 0 Å². The molecule has 0 unspecified atom stereocenters. The van der Waals surface area contributed by atoms with E-state index in [1.807, 2.05) is 13.2 Å². The van der Waals surface area contributed by atoms with Gasteiger partial charge in [-0.05, 0) is 12.0 Å². The quantitative estimate of drug-likeness (QED) is 0.602. The highest BCUT2D eigenvalue weighted by Gasteiger charge is 2.42. The average Bonchev–Trinajstić information content (AvgIpc) is 2.74. The third kappa shape index (κ3) is 1.78. The summed E-state index contributed by atoms with van der Waals surface area (Å²) in [6.07, 6.45) is 2.50. The fourth-order valence-corrected chi connectivity index (χ4v) is 2.27. The molecule has 0 bridgehead atoms. The lowest BCUT2D eigenvalue weighted by atomic mass is 9.98. The summed E-state index contributed by atoms with van der Waals surface area (Å²) in [7, 11) is 1.81. The van der Waals surface area contributed by atoms with Gasteiger partial charge < -0.3 is 15.3 Å². The van der Waals surface area contributed by atoms with Crippen molar-refractivity contribution in [3.05, 3.63) is 18.0 Å². The van der Waals surface area contributed by atoms with Crippen molar-refractivity contribution in [2.45, 2.75) is 24.5 Å². The largest absolute Gasteiger partial charge is 0.396 e. The number of aromatic nitrogens is 2. The van der Waals surface area contributed by atoms with Gasteiger partial charge in [-0.1, -0.05) is 0 Å². The molecule has 3 N–H and O–H groups in total. The van der Waals surface area contributed by atoms with E-state index in [0.717, 1.165) is 5.56 Å². The van der Waals surface area contributed by atoms with Crippen LogP contribution in [-0.2, 0) is 7.05 Å². The molecule has 2 rings (SSSR count). The van der Waals surface area contributed by atoms with Gasteiger partial charge in [0.1, 0.15) is 0 Å². The lowest BCUT2D eigenvalue weighted by molar-refractivity contribution is 0.00231. The van der Waals surface area contributed by atoms with Crippen LogP contribution in [0.1, 0.15) is 17.9 Å². The van der Waals surface area contributed by atoms with Gasteiger partial charge >= 0.3 is 0 Å². The summed E-state index contributed by atoms with van der Waals surface area (Å²) < 4.78 is 1.67. The first kappa shape index (κ1) is 10.6. The molecule has 1 aromatic rings. The molecule has 5 nitrogen and oxygen atoms in total. The third-order valence-corrected chi connectivity index (χ3v) is 3.19. The zero-order valence-corrected chi connectivity index (χ0v) is 8.61. The van der Waals surface area contributed by atoms with Gasteiger partial charge in [-0.2, -0.15) is 5.10 Å². The molecule has 15 heavy (non-hydrogen) atoms. The Hall–Kier alpha value is -0.910. The summed E-state index contributed by atoms with van der Waals surface area (Å²) in [6.45, 7) is -0.0883. The van der Waals surface area contributed by atoms with Gasteiger partial charge in [0.2, 0.25) is 0 Å². The molecule has 1 heterocycles. The third-order valence-electron chi connectivity index (χ3n) is 3.19. The van der Waals surface area contributed by atoms with E-state index in [1.165, 1.54) is 0 Å². The van der Waals surface area contributed by atoms with Crippen LogP contribution < -0.4 is 0 Å². The van der Waals surface area contributed by atoms with E-state index in [9.17, 15) is 10.2 Å². The van der Waals surface area contributed by atoms with Crippen molar-refractivity contribution in [1.82, 2.24) is 9.78 Å². The number of aliphatic hydroxyl groups is 3. The highest BCUT2D eigenvalue weighted by Crippen LogP contribution is 2.38. The van der Waals surface area contributed by atoms with Gasteiger partial charge in [0.05, 0.1) is 18.4 Å². The van der Waals surface area contributed by atoms with Crippen LogP contribution in [0, 0.1) is 5.92 Å². The van der Waals surface area contributed by atoms with Gasteiger partial charge in [0, 0.05) is 31.7 Å². The Morgan fingerprint density at radius 1 is 1.47 bits per heavy atom. The SMILES string of the molecule is Cn1cc([C@@H]2C[C@H](CO)[C@@H](O)[C@H]2O)cn1. The van der Waals surface area contributed by atoms with Crippen molar-refractivity contribution in [1.29, 1.82) is 0 Å². The number of hydrogen-bond acceptors (Lipinski definition) is 4. The van der Waals surface area contributed by atoms with Gasteiger partial charge in [-0.3, -0.25) is 4.68 Å². The molecule has 1 aliphatic carbocycles. The van der Waals surface area contributed by atoms with Crippen LogP contribution in [0.25, 0.3) is 0 Å². The fraction of sp³-hybridized carbons (Fsp3) is 0.700. The van der Waals surface area contributed by atoms with Gasteiger partial charge in [0.25, 0.3) is 0 Å². The highest BCUT2D eigenvalue weighted by molar-refractivity contribution is 5.17. The first-order valence-electron chi connectivity index (χ1n) is 5.09. The molecular weight excluding hydrogens is 196 g/mol. The summed E-state index contributed by atoms with van der Waals surface area (Å²) in [4.78, 5) is 0. The molecule has 0 aromatic carbocycles. The van der Waals surface area contributed by atoms with Crippen LogP contribution in [0.2, 0.25) is 0 Å². The number of rotatable bonds is 2. The number of aliphatic hydroxyl groups excluding tert-OH is 3. The lowest BCUT2D eigenvalue weighted by Crippen LogP contribution is -2.28. The fourth-order valence-electron chi connectivity index (χ4n) is 2.27. The number of aryl methyl sites for hydroxylation is 1. The van der Waals surface area contributed by atoms with Crippen molar-refractivity contribution in [3.63, 3.8) is 0 Å². The molecule has 5 heteroatoms. The molecule has 1 aromatic heterocycles. The normalized spacial score (nSPS) is 36.0. The second kappa shape index (κ2) is 3.92. The molecule has 0 aliphatic heterocycles. The van der Waals surface area contributed by atoms with E-state index in [1.54, 1.807) is 10.9 Å². The lowest BCUT2D eigenvalue weighted by Gasteiger charge is -2.15. The zero-order chi connectivity index (χ0) is 11.0. The molecule has 0 radical (unpaired) electrons. The summed E-state index contributed by atoms with van der Waals surface area (Å²) in [5.74, 6) is -0.351. The Labute approximate surface area is 88.0 Å². The molecule has 4 atom stereocenters. The summed E-state index contributed by atoms with van der Waals surface area (Å²) in [5, 5.41) is 32.5. The van der Waals surface area contributed by atoms with E-state index < -0.39 is 12.2 Å². The predicted octanol–water partition coefficient (Wildman–Crippen LogP) is -0.762. The number of hydrogen-bond donors (Lipinski definition) is 3. The zero-order valence-electron chi connectivity index (χ0n) is 8.61. The summed E-state index contributed by atoms with van der Waals surface area (Å²) >= 11 is 0. The van der Waals surface area contributed by atoms with E-state index in [-0.39, 0.29) is 18.4 Å². The van der Waals surface area contributed by atoms with Crippen molar-refractivity contribution >= 4 is 0 Å². The smallest absolute Gasteiger partial charge is 0.0872 e. The summed E-state index contributed by atoms with van der Waals surface area (Å²) in [5.41, 5.74) is 0.917. The van der Waals surface area contributed by atoms with Gasteiger partial charge in [-0.25, -0.2) is 0 Å². The average molecular weight is 212 g/mol. The second-order valence-electron chi connectivity index (χ2n) is 4.21. The van der Waals surface area contributed by atoms with E-state index in [2.05, 4.69) is 5.10 Å². The Bertz CT molecular complexity index is 339. The van der Waals surface area contributed by atoms with Gasteiger partial charge in [0.15, 0.2) is 0 Å². The van der Waals surface area contributed by atoms with Gasteiger partial charge in [-0.15, -0.1) is 0 Å². The van der Waals surface area contributed by atoms with E-state index in [4.69, 9.17) is 5.11 Å². The predicted molar refractivity (Wildman–Crippen MR) is 53.2 cm³/mol. The van der Waals surface area contributed by atoms with Crippen LogP contribution >= 0.6 is 0 Å². The molecule has 1 saturated carbocycles. The van der Waals surface area contributed by atoms with Crippen molar-refractivity contribution in [2.24, 2.45) is 13.0 Å².